The minimum Gasteiger partial charge on any atom is -0.268 e. The maximum absolute atomic E-state index is 12.5. The molecule has 1 aliphatic heterocycles. The van der Waals surface area contributed by atoms with Crippen LogP contribution < -0.4 is 4.90 Å². The lowest BCUT2D eigenvalue weighted by Gasteiger charge is -2.18. The third-order valence-electron chi connectivity index (χ3n) is 5.27. The summed E-state index contributed by atoms with van der Waals surface area (Å²) in [5, 5.41) is 0. The van der Waals surface area contributed by atoms with Crippen molar-refractivity contribution in [3.8, 4) is 0 Å². The van der Waals surface area contributed by atoms with Crippen molar-refractivity contribution in [2.45, 2.75) is 44.4 Å². The van der Waals surface area contributed by atoms with Gasteiger partial charge in [0.25, 0.3) is 11.8 Å². The molecule has 3 heteroatoms. The first kappa shape index (κ1) is 15.1. The van der Waals surface area contributed by atoms with E-state index in [2.05, 4.69) is 12.1 Å². The van der Waals surface area contributed by atoms with Gasteiger partial charge in [-0.05, 0) is 48.6 Å². The van der Waals surface area contributed by atoms with Gasteiger partial charge in [0.1, 0.15) is 0 Å². The van der Waals surface area contributed by atoms with Gasteiger partial charge in [-0.2, -0.15) is 0 Å². The maximum atomic E-state index is 12.5. The van der Waals surface area contributed by atoms with E-state index in [1.807, 2.05) is 12.1 Å². The number of rotatable bonds is 2. The van der Waals surface area contributed by atoms with Crippen molar-refractivity contribution >= 4 is 17.5 Å². The molecular weight excluding hydrogens is 298 g/mol. The number of anilines is 1. The average Bonchev–Trinajstić information content (AvgIpc) is 2.81. The van der Waals surface area contributed by atoms with Crippen LogP contribution in [0.3, 0.4) is 0 Å². The molecule has 0 spiro atoms. The van der Waals surface area contributed by atoms with Crippen LogP contribution in [-0.2, 0) is 0 Å². The minimum absolute atomic E-state index is 0.224. The van der Waals surface area contributed by atoms with Crippen molar-refractivity contribution in [2.75, 3.05) is 4.90 Å². The third-order valence-corrected chi connectivity index (χ3v) is 5.27. The van der Waals surface area contributed by atoms with Crippen molar-refractivity contribution in [3.63, 3.8) is 0 Å². The zero-order chi connectivity index (χ0) is 16.5. The molecule has 0 unspecified atom stereocenters. The number of carbonyl (C=O) groups excluding carboxylic acids is 2. The van der Waals surface area contributed by atoms with Crippen molar-refractivity contribution < 1.29 is 9.59 Å². The highest BCUT2D eigenvalue weighted by molar-refractivity contribution is 6.34. The largest absolute Gasteiger partial charge is 0.268 e. The number of hydrogen-bond donors (Lipinski definition) is 0. The number of nitrogens with zero attached hydrogens (tertiary/aromatic N) is 1. The van der Waals surface area contributed by atoms with Gasteiger partial charge in [-0.1, -0.05) is 49.9 Å². The van der Waals surface area contributed by atoms with Crippen molar-refractivity contribution in [1.29, 1.82) is 0 Å². The molecule has 3 nitrogen and oxygen atoms in total. The van der Waals surface area contributed by atoms with Crippen LogP contribution in [0.25, 0.3) is 0 Å². The van der Waals surface area contributed by atoms with E-state index in [-0.39, 0.29) is 11.8 Å². The first-order valence-corrected chi connectivity index (χ1v) is 8.83. The highest BCUT2D eigenvalue weighted by atomic mass is 16.2. The molecule has 2 aromatic carbocycles. The Morgan fingerprint density at radius 2 is 1.25 bits per heavy atom. The predicted molar refractivity (Wildman–Crippen MR) is 94.5 cm³/mol. The van der Waals surface area contributed by atoms with Crippen LogP contribution in [-0.4, -0.2) is 11.8 Å². The average molecular weight is 319 g/mol. The highest BCUT2D eigenvalue weighted by Crippen LogP contribution is 2.34. The second-order valence-electron chi connectivity index (χ2n) is 6.77. The van der Waals surface area contributed by atoms with Gasteiger partial charge >= 0.3 is 0 Å². The molecule has 1 aliphatic carbocycles. The smallest absolute Gasteiger partial charge is 0.266 e. The Morgan fingerprint density at radius 3 is 1.79 bits per heavy atom. The zero-order valence-electron chi connectivity index (χ0n) is 13.7. The van der Waals surface area contributed by atoms with Gasteiger partial charge in [0.15, 0.2) is 0 Å². The fraction of sp³-hybridized carbons (Fsp3) is 0.333. The molecule has 2 aromatic rings. The first-order chi connectivity index (χ1) is 11.8. The molecule has 0 saturated heterocycles. The molecule has 2 amide bonds. The molecule has 0 bridgehead atoms. The Labute approximate surface area is 142 Å². The van der Waals surface area contributed by atoms with E-state index in [9.17, 15) is 9.59 Å². The molecule has 0 aromatic heterocycles. The van der Waals surface area contributed by atoms with Crippen LogP contribution >= 0.6 is 0 Å². The SMILES string of the molecule is O=C1c2ccccc2C(=O)N1c1ccc(C2CCCCCC2)cc1. The number of benzene rings is 2. The number of hydrogen-bond acceptors (Lipinski definition) is 2. The van der Waals surface area contributed by atoms with E-state index in [4.69, 9.17) is 0 Å². The van der Waals surface area contributed by atoms with Gasteiger partial charge in [-0.25, -0.2) is 4.90 Å². The Morgan fingerprint density at radius 1 is 0.708 bits per heavy atom. The molecule has 1 fully saturated rings. The molecule has 24 heavy (non-hydrogen) atoms. The van der Waals surface area contributed by atoms with Crippen LogP contribution in [0.2, 0.25) is 0 Å². The molecule has 1 heterocycles. The van der Waals surface area contributed by atoms with Crippen LogP contribution in [0.15, 0.2) is 48.5 Å². The molecule has 0 atom stereocenters. The van der Waals surface area contributed by atoms with Crippen LogP contribution in [0.5, 0.6) is 0 Å². The molecule has 122 valence electrons. The maximum Gasteiger partial charge on any atom is 0.266 e. The number of fused-ring (bicyclic) bond motifs is 1. The third kappa shape index (κ3) is 2.54. The number of imide groups is 1. The molecule has 2 aliphatic rings. The van der Waals surface area contributed by atoms with Crippen molar-refractivity contribution in [3.05, 3.63) is 65.2 Å². The highest BCUT2D eigenvalue weighted by Gasteiger charge is 2.36. The Kier molecular flexibility index (Phi) is 3.93. The summed E-state index contributed by atoms with van der Waals surface area (Å²) in [6, 6.07) is 15.0. The van der Waals surface area contributed by atoms with Gasteiger partial charge in [0, 0.05) is 0 Å². The Bertz CT molecular complexity index is 736. The normalized spacial score (nSPS) is 18.6. The number of carbonyl (C=O) groups is 2. The molecule has 0 radical (unpaired) electrons. The fourth-order valence-electron chi connectivity index (χ4n) is 3.93. The van der Waals surface area contributed by atoms with Gasteiger partial charge in [0.2, 0.25) is 0 Å². The lowest BCUT2D eigenvalue weighted by atomic mass is 9.92. The summed E-state index contributed by atoms with van der Waals surface area (Å²) in [7, 11) is 0. The monoisotopic (exact) mass is 319 g/mol. The van der Waals surface area contributed by atoms with E-state index in [0.717, 1.165) is 0 Å². The topological polar surface area (TPSA) is 37.4 Å². The Balaban J connectivity index is 1.60. The van der Waals surface area contributed by atoms with Crippen LogP contribution in [0.4, 0.5) is 5.69 Å². The van der Waals surface area contributed by atoms with Gasteiger partial charge < -0.3 is 0 Å². The summed E-state index contributed by atoms with van der Waals surface area (Å²) < 4.78 is 0. The summed E-state index contributed by atoms with van der Waals surface area (Å²) in [4.78, 5) is 26.4. The van der Waals surface area contributed by atoms with Gasteiger partial charge in [0.05, 0.1) is 16.8 Å². The molecular formula is C21H21NO2. The lowest BCUT2D eigenvalue weighted by Crippen LogP contribution is -2.29. The molecule has 0 N–H and O–H groups in total. The van der Waals surface area contributed by atoms with E-state index >= 15 is 0 Å². The quantitative estimate of drug-likeness (QED) is 0.581. The van der Waals surface area contributed by atoms with Crippen molar-refractivity contribution in [2.24, 2.45) is 0 Å². The summed E-state index contributed by atoms with van der Waals surface area (Å²) >= 11 is 0. The molecule has 1 saturated carbocycles. The summed E-state index contributed by atoms with van der Waals surface area (Å²) in [5.41, 5.74) is 2.99. The minimum atomic E-state index is -0.224. The molecule has 4 rings (SSSR count). The van der Waals surface area contributed by atoms with E-state index in [1.54, 1.807) is 24.3 Å². The Hall–Kier alpha value is -2.42. The summed E-state index contributed by atoms with van der Waals surface area (Å²) in [6.07, 6.45) is 7.75. The van der Waals surface area contributed by atoms with Gasteiger partial charge in [-0.3, -0.25) is 9.59 Å². The van der Waals surface area contributed by atoms with Gasteiger partial charge in [-0.15, -0.1) is 0 Å². The summed E-state index contributed by atoms with van der Waals surface area (Å²) in [6.45, 7) is 0. The lowest BCUT2D eigenvalue weighted by molar-refractivity contribution is 0.0926. The van der Waals surface area contributed by atoms with E-state index < -0.39 is 0 Å². The predicted octanol–water partition coefficient (Wildman–Crippen LogP) is 4.93. The van der Waals surface area contributed by atoms with Crippen molar-refractivity contribution in [1.82, 2.24) is 0 Å². The van der Waals surface area contributed by atoms with Crippen LogP contribution in [0, 0.1) is 0 Å². The second-order valence-corrected chi connectivity index (χ2v) is 6.77. The van der Waals surface area contributed by atoms with E-state index in [0.29, 0.717) is 22.7 Å². The number of amides is 2. The fourth-order valence-corrected chi connectivity index (χ4v) is 3.93. The summed E-state index contributed by atoms with van der Waals surface area (Å²) in [5.74, 6) is 0.166. The first-order valence-electron chi connectivity index (χ1n) is 8.83. The second kappa shape index (κ2) is 6.23. The zero-order valence-corrected chi connectivity index (χ0v) is 13.7. The van der Waals surface area contributed by atoms with E-state index in [1.165, 1.54) is 49.0 Å². The van der Waals surface area contributed by atoms with Crippen LogP contribution in [0.1, 0.15) is 70.7 Å². The standard InChI is InChI=1S/C21H21NO2/c23-20-18-9-5-6-10-19(18)21(24)22(20)17-13-11-16(12-14-17)15-7-3-1-2-4-8-15/h5-6,9-15H,1-4,7-8H2.